The second kappa shape index (κ2) is 11.1. The van der Waals surface area contributed by atoms with Crippen molar-refractivity contribution in [2.75, 3.05) is 5.32 Å². The number of para-hydroxylation sites is 1. The van der Waals surface area contributed by atoms with Crippen LogP contribution in [0.2, 0.25) is 5.02 Å². The molecule has 0 radical (unpaired) electrons. The molecule has 0 heterocycles. The Kier molecular flexibility index (Phi) is 7.66. The Hall–Kier alpha value is -4.16. The van der Waals surface area contributed by atoms with Gasteiger partial charge in [0.15, 0.2) is 5.66 Å². The number of halogens is 1. The van der Waals surface area contributed by atoms with Crippen molar-refractivity contribution in [2.24, 2.45) is 0 Å². The van der Waals surface area contributed by atoms with Crippen LogP contribution >= 0.6 is 11.6 Å². The molecule has 0 aliphatic heterocycles. The maximum Gasteiger partial charge on any atom is 0.270 e. The van der Waals surface area contributed by atoms with E-state index in [9.17, 15) is 14.4 Å². The first-order chi connectivity index (χ1) is 17.3. The van der Waals surface area contributed by atoms with Crippen molar-refractivity contribution in [2.45, 2.75) is 25.4 Å². The quantitative estimate of drug-likeness (QED) is 0.286. The number of amides is 3. The first-order valence-corrected chi connectivity index (χ1v) is 11.9. The van der Waals surface area contributed by atoms with Gasteiger partial charge in [0.25, 0.3) is 11.8 Å². The summed E-state index contributed by atoms with van der Waals surface area (Å²) in [5, 5.41) is 10.5. The van der Waals surface area contributed by atoms with E-state index in [4.69, 9.17) is 11.6 Å². The normalized spacial score (nSPS) is 12.4. The summed E-state index contributed by atoms with van der Waals surface area (Å²) in [7, 11) is 0. The van der Waals surface area contributed by atoms with Crippen LogP contribution in [0.3, 0.4) is 0 Å². The Balaban J connectivity index is 1.55. The fraction of sp³-hybridized carbons (Fsp3) is 0.138. The molecular weight excluding hydrogens is 474 g/mol. The molecule has 0 unspecified atom stereocenters. The number of hydrogen-bond donors (Lipinski definition) is 3. The summed E-state index contributed by atoms with van der Waals surface area (Å²) in [6, 6.07) is 28.9. The van der Waals surface area contributed by atoms with Gasteiger partial charge in [-0.15, -0.1) is 0 Å². The number of benzene rings is 4. The summed E-state index contributed by atoms with van der Waals surface area (Å²) in [6.45, 7) is 1.48. The molecule has 0 aliphatic rings. The third-order valence-electron chi connectivity index (χ3n) is 5.83. The number of hydrogen-bond acceptors (Lipinski definition) is 3. The van der Waals surface area contributed by atoms with Gasteiger partial charge in [0, 0.05) is 22.7 Å². The van der Waals surface area contributed by atoms with Crippen molar-refractivity contribution in [3.63, 3.8) is 0 Å². The predicted octanol–water partition coefficient (Wildman–Crippen LogP) is 5.33. The molecule has 0 aromatic heterocycles. The molecular formula is C29H26ClN3O3. The van der Waals surface area contributed by atoms with Gasteiger partial charge >= 0.3 is 0 Å². The average molecular weight is 500 g/mol. The second-order valence-corrected chi connectivity index (χ2v) is 9.04. The minimum Gasteiger partial charge on any atom is -0.326 e. The van der Waals surface area contributed by atoms with Gasteiger partial charge in [-0.1, -0.05) is 78.3 Å². The van der Waals surface area contributed by atoms with Crippen molar-refractivity contribution in [3.8, 4) is 0 Å². The van der Waals surface area contributed by atoms with E-state index in [0.29, 0.717) is 22.7 Å². The molecule has 182 valence electrons. The van der Waals surface area contributed by atoms with Gasteiger partial charge in [0.1, 0.15) is 0 Å². The van der Waals surface area contributed by atoms with Crippen molar-refractivity contribution in [1.82, 2.24) is 10.6 Å². The van der Waals surface area contributed by atoms with E-state index in [1.807, 2.05) is 48.5 Å². The molecule has 4 aromatic carbocycles. The van der Waals surface area contributed by atoms with Gasteiger partial charge < -0.3 is 16.0 Å². The first kappa shape index (κ1) is 24.9. The van der Waals surface area contributed by atoms with E-state index in [-0.39, 0.29) is 12.3 Å². The third kappa shape index (κ3) is 6.09. The molecule has 0 bridgehead atoms. The molecule has 0 saturated heterocycles. The molecule has 1 atom stereocenters. The van der Waals surface area contributed by atoms with Gasteiger partial charge in [-0.25, -0.2) is 0 Å². The van der Waals surface area contributed by atoms with Crippen LogP contribution in [0.1, 0.15) is 29.3 Å². The van der Waals surface area contributed by atoms with Gasteiger partial charge in [-0.3, -0.25) is 14.4 Å². The van der Waals surface area contributed by atoms with Crippen molar-refractivity contribution in [3.05, 3.63) is 113 Å². The summed E-state index contributed by atoms with van der Waals surface area (Å²) >= 11 is 5.93. The van der Waals surface area contributed by atoms with E-state index in [1.165, 1.54) is 6.92 Å². The highest BCUT2D eigenvalue weighted by Crippen LogP contribution is 2.20. The molecule has 3 N–H and O–H groups in total. The Morgan fingerprint density at radius 1 is 0.778 bits per heavy atom. The summed E-state index contributed by atoms with van der Waals surface area (Å²) in [4.78, 5) is 39.6. The minimum absolute atomic E-state index is 0.125. The largest absolute Gasteiger partial charge is 0.326 e. The average Bonchev–Trinajstić information content (AvgIpc) is 2.88. The molecule has 0 saturated carbocycles. The van der Waals surface area contributed by atoms with Crippen LogP contribution in [0.15, 0.2) is 97.1 Å². The lowest BCUT2D eigenvalue weighted by molar-refractivity contribution is -0.130. The molecule has 4 rings (SSSR count). The van der Waals surface area contributed by atoms with Crippen molar-refractivity contribution in [1.29, 1.82) is 0 Å². The van der Waals surface area contributed by atoms with Crippen LogP contribution in [0, 0.1) is 0 Å². The molecule has 7 heteroatoms. The molecule has 0 fully saturated rings. The monoisotopic (exact) mass is 499 g/mol. The van der Waals surface area contributed by atoms with E-state index >= 15 is 0 Å². The number of carbonyl (C=O) groups excluding carboxylic acids is 3. The molecule has 4 aromatic rings. The van der Waals surface area contributed by atoms with E-state index in [0.717, 1.165) is 16.3 Å². The maximum atomic E-state index is 13.4. The van der Waals surface area contributed by atoms with Crippen LogP contribution in [0.5, 0.6) is 0 Å². The molecule has 0 spiro atoms. The Labute approximate surface area is 214 Å². The number of aryl methyl sites for hydroxylation is 1. The number of rotatable bonds is 8. The zero-order chi connectivity index (χ0) is 25.5. The molecule has 36 heavy (non-hydrogen) atoms. The zero-order valence-corrected chi connectivity index (χ0v) is 20.5. The predicted molar refractivity (Wildman–Crippen MR) is 143 cm³/mol. The van der Waals surface area contributed by atoms with Crippen molar-refractivity contribution >= 4 is 45.8 Å². The van der Waals surface area contributed by atoms with Crippen LogP contribution in [-0.4, -0.2) is 23.4 Å². The summed E-state index contributed by atoms with van der Waals surface area (Å²) < 4.78 is 0. The van der Waals surface area contributed by atoms with Gasteiger partial charge in [-0.2, -0.15) is 0 Å². The van der Waals surface area contributed by atoms with Gasteiger partial charge in [0.05, 0.1) is 0 Å². The van der Waals surface area contributed by atoms with Crippen LogP contribution in [0.4, 0.5) is 5.69 Å². The van der Waals surface area contributed by atoms with Crippen LogP contribution < -0.4 is 16.0 Å². The molecule has 6 nitrogen and oxygen atoms in total. The minimum atomic E-state index is -1.71. The fourth-order valence-electron chi connectivity index (χ4n) is 3.89. The highest BCUT2D eigenvalue weighted by atomic mass is 35.5. The zero-order valence-electron chi connectivity index (χ0n) is 19.8. The van der Waals surface area contributed by atoms with Gasteiger partial charge in [-0.05, 0) is 60.0 Å². The van der Waals surface area contributed by atoms with E-state index in [1.54, 1.807) is 48.5 Å². The number of anilines is 1. The lowest BCUT2D eigenvalue weighted by Crippen LogP contribution is -2.65. The number of carbonyl (C=O) groups is 3. The van der Waals surface area contributed by atoms with E-state index in [2.05, 4.69) is 16.0 Å². The summed E-state index contributed by atoms with van der Waals surface area (Å²) in [6.07, 6.45) is 0.580. The maximum absolute atomic E-state index is 13.4. The smallest absolute Gasteiger partial charge is 0.270 e. The van der Waals surface area contributed by atoms with Gasteiger partial charge in [0.2, 0.25) is 5.91 Å². The van der Waals surface area contributed by atoms with Crippen LogP contribution in [0.25, 0.3) is 10.8 Å². The number of nitrogens with one attached hydrogen (secondary N) is 3. The lowest BCUT2D eigenvalue weighted by atomic mass is 10.0. The topological polar surface area (TPSA) is 87.3 Å². The standard InChI is InChI=1S/C29H26ClN3O3/c1-29(28(36)31-23-10-3-2-4-11-23,32-26(34)19-16-20-14-17-22(30)18-15-20)33-27(35)25-13-7-9-21-8-5-6-12-24(21)25/h2-15,17-18H,16,19H2,1H3,(H,31,36)(H,32,34)(H,33,35)/t29-/m0/s1. The van der Waals surface area contributed by atoms with E-state index < -0.39 is 17.5 Å². The SMILES string of the molecule is C[C@](NC(=O)CCc1ccc(Cl)cc1)(NC(=O)c1cccc2ccccc12)C(=O)Nc1ccccc1. The first-order valence-electron chi connectivity index (χ1n) is 11.6. The number of fused-ring (bicyclic) bond motifs is 1. The molecule has 3 amide bonds. The van der Waals surface area contributed by atoms with Crippen LogP contribution in [-0.2, 0) is 16.0 Å². The summed E-state index contributed by atoms with van der Waals surface area (Å²) in [5.74, 6) is -1.42. The molecule has 0 aliphatic carbocycles. The van der Waals surface area contributed by atoms with Crippen molar-refractivity contribution < 1.29 is 14.4 Å². The Bertz CT molecular complexity index is 1380. The highest BCUT2D eigenvalue weighted by Gasteiger charge is 2.37. The summed E-state index contributed by atoms with van der Waals surface area (Å²) in [5.41, 5.74) is 0.177. The second-order valence-electron chi connectivity index (χ2n) is 8.60. The third-order valence-corrected chi connectivity index (χ3v) is 6.08. The highest BCUT2D eigenvalue weighted by molar-refractivity contribution is 6.30. The Morgan fingerprint density at radius 2 is 1.44 bits per heavy atom. The fourth-order valence-corrected chi connectivity index (χ4v) is 4.02. The lowest BCUT2D eigenvalue weighted by Gasteiger charge is -2.31. The Morgan fingerprint density at radius 3 is 2.19 bits per heavy atom.